The third-order valence-corrected chi connectivity index (χ3v) is 4.33. The van der Waals surface area contributed by atoms with Gasteiger partial charge >= 0.3 is 5.97 Å². The van der Waals surface area contributed by atoms with Crippen LogP contribution in [0.2, 0.25) is 0 Å². The van der Waals surface area contributed by atoms with Gasteiger partial charge in [-0.3, -0.25) is 0 Å². The van der Waals surface area contributed by atoms with E-state index in [1.165, 1.54) is 16.7 Å². The van der Waals surface area contributed by atoms with Gasteiger partial charge in [0.05, 0.1) is 12.2 Å². The zero-order valence-corrected chi connectivity index (χ0v) is 14.3. The molecule has 0 aliphatic heterocycles. The highest BCUT2D eigenvalue weighted by atomic mass is 32.1. The summed E-state index contributed by atoms with van der Waals surface area (Å²) in [7, 11) is 0. The summed E-state index contributed by atoms with van der Waals surface area (Å²) in [6, 6.07) is 19.9. The summed E-state index contributed by atoms with van der Waals surface area (Å²) < 4.78 is 5.02. The predicted octanol–water partition coefficient (Wildman–Crippen LogP) is 5.51. The fourth-order valence-corrected chi connectivity index (χ4v) is 3.12. The standard InChI is InChI=1S/C21H18O2S/c1-2-23-21(22)18-10-8-16(9-11-18)14-20(19-12-13-24-15-19)17-6-4-3-5-7-17/h3-15H,2H2,1H3/b20-14-. The van der Waals surface area contributed by atoms with Crippen LogP contribution >= 0.6 is 11.3 Å². The number of carbonyl (C=O) groups excluding carboxylic acids is 1. The summed E-state index contributed by atoms with van der Waals surface area (Å²) in [4.78, 5) is 11.8. The lowest BCUT2D eigenvalue weighted by atomic mass is 9.97. The Labute approximate surface area is 146 Å². The van der Waals surface area contributed by atoms with Gasteiger partial charge in [0.2, 0.25) is 0 Å². The average Bonchev–Trinajstić information content (AvgIpc) is 3.15. The molecule has 0 saturated carbocycles. The van der Waals surface area contributed by atoms with Gasteiger partial charge < -0.3 is 4.74 Å². The molecule has 3 heteroatoms. The minimum Gasteiger partial charge on any atom is -0.462 e. The highest BCUT2D eigenvalue weighted by Crippen LogP contribution is 2.27. The summed E-state index contributed by atoms with van der Waals surface area (Å²) in [6.07, 6.45) is 2.15. The van der Waals surface area contributed by atoms with Crippen molar-refractivity contribution in [1.29, 1.82) is 0 Å². The molecule has 0 spiro atoms. The molecular formula is C21H18O2S. The van der Waals surface area contributed by atoms with E-state index in [-0.39, 0.29) is 5.97 Å². The fourth-order valence-electron chi connectivity index (χ4n) is 2.47. The van der Waals surface area contributed by atoms with E-state index in [1.807, 2.05) is 37.3 Å². The molecule has 0 saturated heterocycles. The number of hydrogen-bond acceptors (Lipinski definition) is 3. The van der Waals surface area contributed by atoms with Gasteiger partial charge in [0.1, 0.15) is 0 Å². The van der Waals surface area contributed by atoms with Crippen molar-refractivity contribution >= 4 is 29.0 Å². The largest absolute Gasteiger partial charge is 0.462 e. The van der Waals surface area contributed by atoms with Gasteiger partial charge in [-0.2, -0.15) is 11.3 Å². The maximum atomic E-state index is 11.8. The number of rotatable bonds is 5. The molecule has 2 nitrogen and oxygen atoms in total. The van der Waals surface area contributed by atoms with E-state index in [0.717, 1.165) is 5.56 Å². The molecule has 24 heavy (non-hydrogen) atoms. The topological polar surface area (TPSA) is 26.3 Å². The first-order valence-corrected chi connectivity index (χ1v) is 8.79. The van der Waals surface area contributed by atoms with Crippen LogP contribution in [0.5, 0.6) is 0 Å². The molecule has 0 aliphatic carbocycles. The predicted molar refractivity (Wildman–Crippen MR) is 100 cm³/mol. The molecular weight excluding hydrogens is 316 g/mol. The Morgan fingerprint density at radius 3 is 2.33 bits per heavy atom. The van der Waals surface area contributed by atoms with Crippen molar-refractivity contribution in [3.8, 4) is 0 Å². The van der Waals surface area contributed by atoms with Crippen LogP contribution in [0.25, 0.3) is 11.6 Å². The molecule has 0 fully saturated rings. The number of thiophene rings is 1. The van der Waals surface area contributed by atoms with Crippen molar-refractivity contribution in [3.05, 3.63) is 93.7 Å². The first-order chi connectivity index (χ1) is 11.8. The second-order valence-corrected chi connectivity index (χ2v) is 6.06. The molecule has 1 aromatic heterocycles. The van der Waals surface area contributed by atoms with Crippen molar-refractivity contribution in [2.75, 3.05) is 6.61 Å². The summed E-state index contributed by atoms with van der Waals surface area (Å²) in [5.41, 5.74) is 5.16. The lowest BCUT2D eigenvalue weighted by Gasteiger charge is -2.07. The van der Waals surface area contributed by atoms with Crippen LogP contribution in [0, 0.1) is 0 Å². The SMILES string of the molecule is CCOC(=O)c1ccc(/C=C(/c2ccccc2)c2ccsc2)cc1. The lowest BCUT2D eigenvalue weighted by molar-refractivity contribution is 0.0526. The van der Waals surface area contributed by atoms with Crippen LogP contribution in [0.4, 0.5) is 0 Å². The molecule has 0 N–H and O–H groups in total. The number of ether oxygens (including phenoxy) is 1. The minimum atomic E-state index is -0.283. The Morgan fingerprint density at radius 1 is 0.958 bits per heavy atom. The van der Waals surface area contributed by atoms with Gasteiger partial charge in [-0.05, 0) is 64.2 Å². The Morgan fingerprint density at radius 2 is 1.71 bits per heavy atom. The smallest absolute Gasteiger partial charge is 0.338 e. The van der Waals surface area contributed by atoms with Crippen LogP contribution in [0.15, 0.2) is 71.4 Å². The van der Waals surface area contributed by atoms with Crippen LogP contribution < -0.4 is 0 Å². The molecule has 0 unspecified atom stereocenters. The highest BCUT2D eigenvalue weighted by molar-refractivity contribution is 7.08. The van der Waals surface area contributed by atoms with E-state index >= 15 is 0 Å². The van der Waals surface area contributed by atoms with Gasteiger partial charge in [-0.1, -0.05) is 42.5 Å². The Bertz CT molecular complexity index is 816. The number of esters is 1. The zero-order chi connectivity index (χ0) is 16.8. The molecule has 3 aromatic rings. The molecule has 1 heterocycles. The van der Waals surface area contributed by atoms with E-state index in [1.54, 1.807) is 23.5 Å². The van der Waals surface area contributed by atoms with Crippen molar-refractivity contribution in [2.24, 2.45) is 0 Å². The lowest BCUT2D eigenvalue weighted by Crippen LogP contribution is -2.04. The summed E-state index contributed by atoms with van der Waals surface area (Å²) in [5.74, 6) is -0.283. The van der Waals surface area contributed by atoms with Gasteiger partial charge in [-0.15, -0.1) is 0 Å². The quantitative estimate of drug-likeness (QED) is 0.454. The third kappa shape index (κ3) is 3.81. The fraction of sp³-hybridized carbons (Fsp3) is 0.0952. The van der Waals surface area contributed by atoms with Crippen LogP contribution in [0.1, 0.15) is 34.0 Å². The molecule has 2 aromatic carbocycles. The molecule has 3 rings (SSSR count). The Kier molecular flexibility index (Phi) is 5.24. The Hall–Kier alpha value is -2.65. The van der Waals surface area contributed by atoms with Gasteiger partial charge in [0, 0.05) is 0 Å². The summed E-state index contributed by atoms with van der Waals surface area (Å²) >= 11 is 1.68. The molecule has 120 valence electrons. The highest BCUT2D eigenvalue weighted by Gasteiger charge is 2.08. The van der Waals surface area contributed by atoms with Crippen LogP contribution in [-0.2, 0) is 4.74 Å². The van der Waals surface area contributed by atoms with Crippen molar-refractivity contribution in [2.45, 2.75) is 6.92 Å². The molecule has 0 atom stereocenters. The van der Waals surface area contributed by atoms with Gasteiger partial charge in [0.15, 0.2) is 0 Å². The molecule has 0 amide bonds. The molecule has 0 aliphatic rings. The minimum absolute atomic E-state index is 0.283. The average molecular weight is 334 g/mol. The summed E-state index contributed by atoms with van der Waals surface area (Å²) in [6.45, 7) is 2.19. The molecule has 0 bridgehead atoms. The number of hydrogen-bond donors (Lipinski definition) is 0. The van der Waals surface area contributed by atoms with E-state index in [0.29, 0.717) is 12.2 Å². The van der Waals surface area contributed by atoms with Crippen molar-refractivity contribution in [1.82, 2.24) is 0 Å². The maximum absolute atomic E-state index is 11.8. The van der Waals surface area contributed by atoms with E-state index in [2.05, 4.69) is 35.0 Å². The monoisotopic (exact) mass is 334 g/mol. The Balaban J connectivity index is 1.95. The number of benzene rings is 2. The normalized spacial score (nSPS) is 11.3. The zero-order valence-electron chi connectivity index (χ0n) is 13.4. The van der Waals surface area contributed by atoms with Crippen LogP contribution in [0.3, 0.4) is 0 Å². The first kappa shape index (κ1) is 16.2. The van der Waals surface area contributed by atoms with E-state index in [4.69, 9.17) is 4.74 Å². The summed E-state index contributed by atoms with van der Waals surface area (Å²) in [5, 5.41) is 4.22. The van der Waals surface area contributed by atoms with Gasteiger partial charge in [0.25, 0.3) is 0 Å². The van der Waals surface area contributed by atoms with Crippen molar-refractivity contribution < 1.29 is 9.53 Å². The first-order valence-electron chi connectivity index (χ1n) is 7.85. The van der Waals surface area contributed by atoms with Crippen LogP contribution in [-0.4, -0.2) is 12.6 Å². The van der Waals surface area contributed by atoms with Gasteiger partial charge in [-0.25, -0.2) is 4.79 Å². The maximum Gasteiger partial charge on any atom is 0.338 e. The second kappa shape index (κ2) is 7.75. The van der Waals surface area contributed by atoms with E-state index < -0.39 is 0 Å². The van der Waals surface area contributed by atoms with Crippen molar-refractivity contribution in [3.63, 3.8) is 0 Å². The van der Waals surface area contributed by atoms with E-state index in [9.17, 15) is 4.79 Å². The molecule has 0 radical (unpaired) electrons. The number of carbonyl (C=O) groups is 1. The second-order valence-electron chi connectivity index (χ2n) is 5.28. The third-order valence-electron chi connectivity index (χ3n) is 3.65.